The molecule has 10 nitrogen and oxygen atoms in total. The van der Waals surface area contributed by atoms with Gasteiger partial charge in [0.05, 0.1) is 35.2 Å². The van der Waals surface area contributed by atoms with E-state index < -0.39 is 84.2 Å². The summed E-state index contributed by atoms with van der Waals surface area (Å²) in [5.74, 6) is -5.87. The topological polar surface area (TPSA) is 118 Å². The number of amides is 1. The first-order valence-electron chi connectivity index (χ1n) is 19.3. The molecule has 0 atom stereocenters. The minimum Gasteiger partial charge on any atom is -0.479 e. The number of carboxylic acids is 1. The van der Waals surface area contributed by atoms with Gasteiger partial charge < -0.3 is 15.0 Å². The molecule has 0 unspecified atom stereocenters. The molecule has 4 heterocycles. The molecule has 5 saturated carbocycles. The molecule has 5 aliphatic carbocycles. The van der Waals surface area contributed by atoms with Gasteiger partial charge in [0.15, 0.2) is 11.5 Å². The Morgan fingerprint density at radius 3 is 2.26 bits per heavy atom. The van der Waals surface area contributed by atoms with Gasteiger partial charge in [-0.15, -0.1) is 0 Å². The monoisotopic (exact) mass is 805 g/mol. The summed E-state index contributed by atoms with van der Waals surface area (Å²) in [5, 5.41) is 17.9. The number of carbonyl (C=O) groups is 2. The lowest BCUT2D eigenvalue weighted by molar-refractivity contribution is -0.163. The van der Waals surface area contributed by atoms with Gasteiger partial charge in [0.1, 0.15) is 5.54 Å². The van der Waals surface area contributed by atoms with E-state index in [1.165, 1.54) is 17.3 Å². The number of aromatic nitrogens is 5. The van der Waals surface area contributed by atoms with Gasteiger partial charge in [-0.3, -0.25) is 9.69 Å². The first-order valence-corrected chi connectivity index (χ1v) is 19.3. The Labute approximate surface area is 320 Å². The van der Waals surface area contributed by atoms with Gasteiger partial charge in [-0.05, 0) is 86.8 Å². The summed E-state index contributed by atoms with van der Waals surface area (Å²) in [6, 6.07) is 4.53. The maximum Gasteiger partial charge on any atom is 0.434 e. The summed E-state index contributed by atoms with van der Waals surface area (Å²) in [7, 11) is 0. The third-order valence-corrected chi connectivity index (χ3v) is 13.2. The van der Waals surface area contributed by atoms with E-state index in [0.717, 1.165) is 12.6 Å². The molecule has 4 aromatic rings. The average molecular weight is 806 g/mol. The maximum atomic E-state index is 14.8. The summed E-state index contributed by atoms with van der Waals surface area (Å²) >= 11 is 0. The fraction of sp³-hybridized carbons (Fsp3) is 0.564. The zero-order valence-electron chi connectivity index (χ0n) is 30.5. The van der Waals surface area contributed by atoms with E-state index in [1.54, 1.807) is 27.4 Å². The van der Waals surface area contributed by atoms with Crippen molar-refractivity contribution in [3.63, 3.8) is 0 Å². The van der Waals surface area contributed by atoms with Crippen molar-refractivity contribution in [2.45, 2.75) is 101 Å². The Bertz CT molecular complexity index is 2230. The molecule has 57 heavy (non-hydrogen) atoms. The quantitative estimate of drug-likeness (QED) is 0.182. The third kappa shape index (κ3) is 6.64. The van der Waals surface area contributed by atoms with Crippen molar-refractivity contribution < 1.29 is 49.8 Å². The highest BCUT2D eigenvalue weighted by Gasteiger charge is 2.62. The molecule has 5 fully saturated rings. The maximum absolute atomic E-state index is 14.8. The van der Waals surface area contributed by atoms with Crippen LogP contribution < -0.4 is 5.32 Å². The highest BCUT2D eigenvalue weighted by molar-refractivity contribution is 6.00. The molecule has 0 radical (unpaired) electrons. The molecule has 6 aliphatic rings. The molecule has 3 aromatic heterocycles. The summed E-state index contributed by atoms with van der Waals surface area (Å²) in [5.41, 5.74) is -1.68. The lowest BCUT2D eigenvalue weighted by Crippen LogP contribution is -2.70. The van der Waals surface area contributed by atoms with Crippen LogP contribution in [0.15, 0.2) is 36.8 Å². The predicted octanol–water partition coefficient (Wildman–Crippen LogP) is 7.98. The van der Waals surface area contributed by atoms with E-state index in [0.29, 0.717) is 65.4 Å². The number of fused-ring (bicyclic) bond motifs is 2. The number of nitrogens with zero attached hydrogens (tertiary/aromatic N) is 6. The second kappa shape index (κ2) is 13.2. The SMILES string of the molecule is O=C(NC1(C(=O)O)C2CC3CC(C2)CC1C3)c1cnc(-c2cn(C3CCC(F)(F)CC3)c3cc(-n4ncc5c4CCN(CC(F)(F)F)C5)ccc23)nc1C(F)(F)F. The molecule has 4 bridgehead atoms. The van der Waals surface area contributed by atoms with Gasteiger partial charge in [-0.1, -0.05) is 0 Å². The number of benzene rings is 1. The van der Waals surface area contributed by atoms with Crippen LogP contribution in [0.1, 0.15) is 91.1 Å². The zero-order valence-corrected chi connectivity index (χ0v) is 30.5. The van der Waals surface area contributed by atoms with E-state index in [-0.39, 0.29) is 43.7 Å². The summed E-state index contributed by atoms with van der Waals surface area (Å²) in [4.78, 5) is 36.1. The van der Waals surface area contributed by atoms with Gasteiger partial charge in [0.25, 0.3) is 5.91 Å². The molecular formula is C39H39F8N7O3. The Balaban J connectivity index is 1.09. The Morgan fingerprint density at radius 2 is 1.63 bits per heavy atom. The van der Waals surface area contributed by atoms with Crippen LogP contribution in [0.4, 0.5) is 35.1 Å². The van der Waals surface area contributed by atoms with Gasteiger partial charge in [0.2, 0.25) is 5.92 Å². The number of hydrogen-bond acceptors (Lipinski definition) is 6. The third-order valence-electron chi connectivity index (χ3n) is 13.2. The lowest BCUT2D eigenvalue weighted by atomic mass is 9.48. The van der Waals surface area contributed by atoms with E-state index in [1.807, 2.05) is 0 Å². The van der Waals surface area contributed by atoms with E-state index >= 15 is 0 Å². The fourth-order valence-electron chi connectivity index (χ4n) is 10.8. The summed E-state index contributed by atoms with van der Waals surface area (Å²) < 4.78 is 116. The number of rotatable bonds is 7. The summed E-state index contributed by atoms with van der Waals surface area (Å²) in [6.07, 6.45) is -2.76. The van der Waals surface area contributed by atoms with E-state index in [9.17, 15) is 49.8 Å². The van der Waals surface area contributed by atoms with Crippen molar-refractivity contribution in [2.75, 3.05) is 13.1 Å². The largest absolute Gasteiger partial charge is 0.479 e. The molecule has 0 spiro atoms. The van der Waals surface area contributed by atoms with Gasteiger partial charge >= 0.3 is 18.3 Å². The predicted molar refractivity (Wildman–Crippen MR) is 187 cm³/mol. The van der Waals surface area contributed by atoms with Crippen LogP contribution in [-0.4, -0.2) is 76.9 Å². The van der Waals surface area contributed by atoms with Gasteiger partial charge in [0, 0.05) is 67.3 Å². The smallest absolute Gasteiger partial charge is 0.434 e. The Kier molecular flexibility index (Phi) is 8.79. The normalized spacial score (nSPS) is 27.5. The first-order chi connectivity index (χ1) is 26.9. The minimum atomic E-state index is -5.14. The van der Waals surface area contributed by atoms with Crippen LogP contribution in [-0.2, 0) is 23.9 Å². The zero-order chi connectivity index (χ0) is 40.2. The van der Waals surface area contributed by atoms with E-state index in [4.69, 9.17) is 0 Å². The molecule has 1 aliphatic heterocycles. The van der Waals surface area contributed by atoms with Crippen molar-refractivity contribution in [1.82, 2.24) is 34.5 Å². The minimum absolute atomic E-state index is 0.0418. The Morgan fingerprint density at radius 1 is 0.947 bits per heavy atom. The highest BCUT2D eigenvalue weighted by atomic mass is 19.4. The molecule has 18 heteroatoms. The number of aliphatic carboxylic acids is 1. The molecule has 10 rings (SSSR count). The summed E-state index contributed by atoms with van der Waals surface area (Å²) in [6.45, 7) is -0.876. The molecule has 304 valence electrons. The molecular weight excluding hydrogens is 766 g/mol. The van der Waals surface area contributed by atoms with Crippen molar-refractivity contribution in [1.29, 1.82) is 0 Å². The molecule has 0 saturated heterocycles. The number of alkyl halides is 8. The van der Waals surface area contributed by atoms with Crippen LogP contribution in [0, 0.1) is 23.7 Å². The van der Waals surface area contributed by atoms with Gasteiger partial charge in [-0.25, -0.2) is 28.2 Å². The standard InChI is InChI=1S/C39H39F8N7O3/c40-36(41)6-3-25(4-7-36)53-18-29(27-2-1-26(14-31(27)53)54-30-5-8-52(19-37(42,43)44)17-22(30)15-49-54)33-48-16-28(32(50-33)39(45,46)47)34(55)51-38(35(56)57)23-10-20-9-21(12-23)13-24(38)11-20/h1-2,14-16,18,20-21,23-25H,3-13,17,19H2,(H,51,55)(H,56,57). The number of halogens is 8. The second-order valence-corrected chi connectivity index (χ2v) is 16.7. The van der Waals surface area contributed by atoms with Crippen molar-refractivity contribution in [2.24, 2.45) is 23.7 Å². The van der Waals surface area contributed by atoms with E-state index in [2.05, 4.69) is 20.4 Å². The highest BCUT2D eigenvalue weighted by Crippen LogP contribution is 2.58. The molecule has 2 N–H and O–H groups in total. The van der Waals surface area contributed by atoms with Crippen LogP contribution in [0.2, 0.25) is 0 Å². The number of carbonyl (C=O) groups excluding carboxylic acids is 1. The van der Waals surface area contributed by atoms with Crippen molar-refractivity contribution in [3.05, 3.63) is 59.3 Å². The Hall–Kier alpha value is -4.61. The molecule has 1 aromatic carbocycles. The number of hydrogen-bond donors (Lipinski definition) is 2. The number of carboxylic acid groups (broad SMARTS) is 1. The second-order valence-electron chi connectivity index (χ2n) is 16.7. The fourth-order valence-corrected chi connectivity index (χ4v) is 10.8. The van der Waals surface area contributed by atoms with Crippen molar-refractivity contribution >= 4 is 22.8 Å². The van der Waals surface area contributed by atoms with Crippen LogP contribution >= 0.6 is 0 Å². The molecule has 1 amide bonds. The number of nitrogens with one attached hydrogen (secondary N) is 1. The first kappa shape index (κ1) is 37.9. The van der Waals surface area contributed by atoms with Crippen LogP contribution in [0.25, 0.3) is 28.0 Å². The lowest BCUT2D eigenvalue weighted by Gasteiger charge is -2.59. The average Bonchev–Trinajstić information content (AvgIpc) is 3.73. The van der Waals surface area contributed by atoms with Crippen LogP contribution in [0.5, 0.6) is 0 Å². The van der Waals surface area contributed by atoms with Crippen molar-refractivity contribution in [3.8, 4) is 17.1 Å². The van der Waals surface area contributed by atoms with Gasteiger partial charge in [-0.2, -0.15) is 31.4 Å². The van der Waals surface area contributed by atoms with Crippen LogP contribution in [0.3, 0.4) is 0 Å².